The van der Waals surface area contributed by atoms with Gasteiger partial charge in [0, 0.05) is 6.20 Å². The Morgan fingerprint density at radius 3 is 2.13 bits per heavy atom. The lowest BCUT2D eigenvalue weighted by Crippen LogP contribution is -2.12. The monoisotopic (exact) mass is 553 g/mol. The lowest BCUT2D eigenvalue weighted by Gasteiger charge is -2.20. The first-order valence-electron chi connectivity index (χ1n) is 13.7. The maximum Gasteiger partial charge on any atom is 0.146 e. The summed E-state index contributed by atoms with van der Waals surface area (Å²) in [5.74, 6) is -0.215. The van der Waals surface area contributed by atoms with Crippen LogP contribution in [0.1, 0.15) is 93.7 Å². The first-order valence-corrected chi connectivity index (χ1v) is 14.3. The lowest BCUT2D eigenvalue weighted by molar-refractivity contribution is 0.369. The van der Waals surface area contributed by atoms with Crippen molar-refractivity contribution < 1.29 is 8.78 Å². The number of alkyl halides is 1. The maximum atomic E-state index is 14.1. The summed E-state index contributed by atoms with van der Waals surface area (Å²) in [6.45, 7) is 25.5. The summed E-state index contributed by atoms with van der Waals surface area (Å²) in [6.07, 6.45) is 17.8. The van der Waals surface area contributed by atoms with Gasteiger partial charge in [0.05, 0.1) is 5.69 Å². The molecule has 1 aromatic rings. The van der Waals surface area contributed by atoms with Crippen LogP contribution in [0.15, 0.2) is 107 Å². The Hall–Kier alpha value is -2.64. The molecule has 1 nitrogen and oxygen atoms in total. The highest BCUT2D eigenvalue weighted by Gasteiger charge is 2.23. The molecule has 0 radical (unpaired) electrons. The first-order chi connectivity index (χ1) is 18.2. The minimum atomic E-state index is -1.44. The molecule has 2 unspecified atom stereocenters. The summed E-state index contributed by atoms with van der Waals surface area (Å²) >= 11 is 0. The van der Waals surface area contributed by atoms with Crippen LogP contribution in [-0.4, -0.2) is 10.4 Å². The number of aromatic nitrogens is 1. The molecule has 0 saturated carbocycles. The normalized spacial score (nSPS) is 14.8. The van der Waals surface area contributed by atoms with E-state index in [1.807, 2.05) is 32.9 Å². The number of rotatable bonds is 9. The molecule has 0 spiro atoms. The molecule has 0 N–H and O–H groups in total. The van der Waals surface area contributed by atoms with Crippen LogP contribution in [0.3, 0.4) is 0 Å². The third-order valence-corrected chi connectivity index (χ3v) is 6.42. The second-order valence-electron chi connectivity index (χ2n) is 10.1. The van der Waals surface area contributed by atoms with Gasteiger partial charge in [-0.3, -0.25) is 4.98 Å². The van der Waals surface area contributed by atoms with Gasteiger partial charge >= 0.3 is 0 Å². The molecular formula is C35H50F2NP. The van der Waals surface area contributed by atoms with E-state index < -0.39 is 5.41 Å². The fraction of sp³-hybridized carbons (Fsp3) is 0.400. The fourth-order valence-electron chi connectivity index (χ4n) is 3.70. The zero-order valence-electron chi connectivity index (χ0n) is 25.7. The SMILES string of the molecule is C=C(C)/C(=C\C(=C/C)C1=CCC=C1)C(C)(F)P.C=C(C)C(C)=C(C)C.CC/C=C(\CCC)c1cc(F)ccn1. The van der Waals surface area contributed by atoms with Crippen LogP contribution in [0.4, 0.5) is 8.78 Å². The number of pyridine rings is 1. The minimum Gasteiger partial charge on any atom is -0.256 e. The van der Waals surface area contributed by atoms with Gasteiger partial charge in [-0.25, -0.2) is 8.78 Å². The Bertz CT molecular complexity index is 1150. The highest BCUT2D eigenvalue weighted by atomic mass is 31.0. The van der Waals surface area contributed by atoms with Crippen LogP contribution in [0, 0.1) is 5.82 Å². The summed E-state index contributed by atoms with van der Waals surface area (Å²) in [6, 6.07) is 2.87. The van der Waals surface area contributed by atoms with Gasteiger partial charge in [0.2, 0.25) is 0 Å². The number of halogens is 2. The number of hydrogen-bond donors (Lipinski definition) is 0. The van der Waals surface area contributed by atoms with Crippen LogP contribution in [0.2, 0.25) is 0 Å². The largest absolute Gasteiger partial charge is 0.256 e. The van der Waals surface area contributed by atoms with Gasteiger partial charge in [0.1, 0.15) is 11.2 Å². The molecule has 2 atom stereocenters. The Kier molecular flexibility index (Phi) is 17.4. The van der Waals surface area contributed by atoms with E-state index in [1.165, 1.54) is 42.0 Å². The Morgan fingerprint density at radius 1 is 1.13 bits per heavy atom. The zero-order chi connectivity index (χ0) is 30.2. The Morgan fingerprint density at radius 2 is 1.77 bits per heavy atom. The van der Waals surface area contributed by atoms with E-state index in [0.717, 1.165) is 53.7 Å². The van der Waals surface area contributed by atoms with Crippen LogP contribution >= 0.6 is 9.24 Å². The van der Waals surface area contributed by atoms with Crippen molar-refractivity contribution in [2.75, 3.05) is 0 Å². The van der Waals surface area contributed by atoms with Crippen LogP contribution in [0.25, 0.3) is 5.57 Å². The van der Waals surface area contributed by atoms with E-state index in [0.29, 0.717) is 5.57 Å². The van der Waals surface area contributed by atoms with Crippen molar-refractivity contribution in [2.45, 2.75) is 93.4 Å². The van der Waals surface area contributed by atoms with Crippen molar-refractivity contribution in [3.05, 3.63) is 118 Å². The van der Waals surface area contributed by atoms with Gasteiger partial charge < -0.3 is 0 Å². The standard InChI is InChI=1S/C15H20FP.C12H16FN.C8H14/c1-5-12(13-8-6-7-9-13)10-14(11(2)3)15(4,16)17;1-3-5-10(6-4-2)12-9-11(13)7-8-14-12;1-6(2)8(5)7(3)4/h5-6,8-10H,2,7,17H2,1,3-4H3;5,7-9H,3-4,6H2,1-2H3;1H2,2-5H3/b12-5+,14-10+;10-5+;. The fourth-order valence-corrected chi connectivity index (χ4v) is 4.03. The van der Waals surface area contributed by atoms with Gasteiger partial charge in [-0.2, -0.15) is 0 Å². The Balaban J connectivity index is 0.000000592. The second-order valence-corrected chi connectivity index (χ2v) is 11.2. The molecule has 2 rings (SSSR count). The summed E-state index contributed by atoms with van der Waals surface area (Å²) in [4.78, 5) is 4.17. The minimum absolute atomic E-state index is 0.215. The summed E-state index contributed by atoms with van der Waals surface area (Å²) < 4.78 is 27.0. The molecule has 0 bridgehead atoms. The third kappa shape index (κ3) is 14.4. The van der Waals surface area contributed by atoms with E-state index in [4.69, 9.17) is 0 Å². The van der Waals surface area contributed by atoms with E-state index in [-0.39, 0.29) is 5.82 Å². The van der Waals surface area contributed by atoms with Crippen molar-refractivity contribution in [1.82, 2.24) is 4.98 Å². The Labute approximate surface area is 240 Å². The summed E-state index contributed by atoms with van der Waals surface area (Å²) in [5, 5.41) is -1.44. The van der Waals surface area contributed by atoms with Crippen LogP contribution in [-0.2, 0) is 0 Å². The van der Waals surface area contributed by atoms with Crippen molar-refractivity contribution in [3.8, 4) is 0 Å². The van der Waals surface area contributed by atoms with Crippen LogP contribution in [0.5, 0.6) is 0 Å². The molecule has 1 aromatic heterocycles. The van der Waals surface area contributed by atoms with Gasteiger partial charge in [-0.1, -0.05) is 95.3 Å². The first kappa shape index (κ1) is 36.4. The maximum absolute atomic E-state index is 14.1. The van der Waals surface area contributed by atoms with Crippen molar-refractivity contribution >= 4 is 14.8 Å². The molecule has 214 valence electrons. The van der Waals surface area contributed by atoms with Crippen molar-refractivity contribution in [2.24, 2.45) is 0 Å². The summed E-state index contributed by atoms with van der Waals surface area (Å²) in [7, 11) is 2.23. The molecule has 0 amide bonds. The molecule has 0 aliphatic heterocycles. The molecule has 1 aliphatic rings. The smallest absolute Gasteiger partial charge is 0.146 e. The van der Waals surface area contributed by atoms with Gasteiger partial charge in [-0.05, 0) is 108 Å². The second kappa shape index (κ2) is 18.6. The van der Waals surface area contributed by atoms with E-state index in [9.17, 15) is 8.78 Å². The molecule has 39 heavy (non-hydrogen) atoms. The molecule has 0 saturated heterocycles. The average Bonchev–Trinajstić information content (AvgIpc) is 3.38. The number of nitrogens with zero attached hydrogens (tertiary/aromatic N) is 1. The predicted octanol–water partition coefficient (Wildman–Crippen LogP) is 11.6. The van der Waals surface area contributed by atoms with Gasteiger partial charge in [-0.15, -0.1) is 0 Å². The number of hydrogen-bond acceptors (Lipinski definition) is 1. The van der Waals surface area contributed by atoms with Crippen molar-refractivity contribution in [3.63, 3.8) is 0 Å². The topological polar surface area (TPSA) is 12.9 Å². The molecule has 1 aliphatic carbocycles. The van der Waals surface area contributed by atoms with E-state index >= 15 is 0 Å². The highest BCUT2D eigenvalue weighted by Crippen LogP contribution is 2.35. The van der Waals surface area contributed by atoms with Crippen molar-refractivity contribution in [1.29, 1.82) is 0 Å². The highest BCUT2D eigenvalue weighted by molar-refractivity contribution is 7.19. The predicted molar refractivity (Wildman–Crippen MR) is 174 cm³/mol. The lowest BCUT2D eigenvalue weighted by atomic mass is 9.97. The molecule has 4 heteroatoms. The molecule has 0 aromatic carbocycles. The average molecular weight is 554 g/mol. The molecular weight excluding hydrogens is 503 g/mol. The quantitative estimate of drug-likeness (QED) is 0.219. The molecule has 0 fully saturated rings. The van der Waals surface area contributed by atoms with E-state index in [1.54, 1.807) is 0 Å². The third-order valence-electron chi connectivity index (χ3n) is 6.11. The van der Waals surface area contributed by atoms with Gasteiger partial charge in [0.25, 0.3) is 0 Å². The molecule has 1 heterocycles. The van der Waals surface area contributed by atoms with E-state index in [2.05, 4.69) is 86.3 Å². The van der Waals surface area contributed by atoms with Crippen LogP contribution < -0.4 is 0 Å². The number of allylic oxidation sites excluding steroid dienone is 14. The summed E-state index contributed by atoms with van der Waals surface area (Å²) in [5.41, 5.74) is 9.35. The van der Waals surface area contributed by atoms with Gasteiger partial charge in [0.15, 0.2) is 0 Å². The zero-order valence-corrected chi connectivity index (χ0v) is 26.9.